The van der Waals surface area contributed by atoms with Gasteiger partial charge in [0.25, 0.3) is 0 Å². The number of nitrogens with zero attached hydrogens (tertiary/aromatic N) is 3. The first kappa shape index (κ1) is 13.8. The average Bonchev–Trinajstić information content (AvgIpc) is 2.87. The second-order valence-electron chi connectivity index (χ2n) is 4.63. The average molecular weight is 266 g/mol. The van der Waals surface area contributed by atoms with Crippen LogP contribution in [0.1, 0.15) is 25.3 Å². The number of likely N-dealkylation sites (N-methyl/N-ethyl adjacent to an activating group) is 1. The lowest BCUT2D eigenvalue weighted by atomic mass is 10.2. The Morgan fingerprint density at radius 3 is 2.89 bits per heavy atom. The van der Waals surface area contributed by atoms with Crippen molar-refractivity contribution in [2.75, 3.05) is 25.9 Å². The van der Waals surface area contributed by atoms with Crippen molar-refractivity contribution < 1.29 is 0 Å². The van der Waals surface area contributed by atoms with Crippen molar-refractivity contribution in [3.63, 3.8) is 0 Å². The molecule has 0 spiro atoms. The third kappa shape index (κ3) is 3.67. The maximum Gasteiger partial charge on any atom is 0.187 e. The summed E-state index contributed by atoms with van der Waals surface area (Å²) in [7, 11) is 0. The number of hydrogen-bond acceptors (Lipinski definition) is 5. The minimum atomic E-state index is 0.710. The van der Waals surface area contributed by atoms with Crippen LogP contribution in [0.2, 0.25) is 0 Å². The van der Waals surface area contributed by atoms with E-state index in [2.05, 4.69) is 27.1 Å². The second kappa shape index (κ2) is 7.07. The molecule has 1 atom stereocenters. The van der Waals surface area contributed by atoms with E-state index in [9.17, 15) is 0 Å². The molecule has 2 rings (SSSR count). The van der Waals surface area contributed by atoms with Crippen LogP contribution >= 0.6 is 11.8 Å². The van der Waals surface area contributed by atoms with Crippen LogP contribution < -0.4 is 5.32 Å². The van der Waals surface area contributed by atoms with Crippen LogP contribution in [0.15, 0.2) is 17.6 Å². The molecule has 1 aromatic heterocycles. The third-order valence-electron chi connectivity index (χ3n) is 3.48. The van der Waals surface area contributed by atoms with Gasteiger partial charge in [-0.3, -0.25) is 4.90 Å². The lowest BCUT2D eigenvalue weighted by Crippen LogP contribution is -2.37. The number of hydrogen-bond donors (Lipinski definition) is 1. The van der Waals surface area contributed by atoms with Crippen molar-refractivity contribution in [2.24, 2.45) is 0 Å². The monoisotopic (exact) mass is 266 g/mol. The van der Waals surface area contributed by atoms with Crippen LogP contribution in [-0.2, 0) is 6.54 Å². The van der Waals surface area contributed by atoms with Crippen molar-refractivity contribution in [3.8, 4) is 0 Å². The molecule has 0 saturated carbocycles. The van der Waals surface area contributed by atoms with Gasteiger partial charge in [0, 0.05) is 37.1 Å². The smallest absolute Gasteiger partial charge is 0.187 e. The second-order valence-corrected chi connectivity index (χ2v) is 5.41. The summed E-state index contributed by atoms with van der Waals surface area (Å²) >= 11 is 1.58. The number of thioether (sulfide) groups is 1. The van der Waals surface area contributed by atoms with Crippen LogP contribution in [0.3, 0.4) is 0 Å². The molecule has 4 nitrogen and oxygen atoms in total. The first-order valence-electron chi connectivity index (χ1n) is 6.63. The molecule has 1 fully saturated rings. The standard InChI is InChI=1S/C13H22N4S/c1-3-17-6-4-5-12(17)10-14-7-11-8-15-13(18-2)16-9-11/h8-9,12,14H,3-7,10H2,1-2H3/t12-/m0/s1. The van der Waals surface area contributed by atoms with Gasteiger partial charge in [-0.1, -0.05) is 18.7 Å². The van der Waals surface area contributed by atoms with Gasteiger partial charge in [-0.2, -0.15) is 0 Å². The predicted molar refractivity (Wildman–Crippen MR) is 75.8 cm³/mol. The Hall–Kier alpha value is -0.650. The zero-order chi connectivity index (χ0) is 12.8. The van der Waals surface area contributed by atoms with E-state index in [1.165, 1.54) is 19.4 Å². The van der Waals surface area contributed by atoms with Gasteiger partial charge in [0.2, 0.25) is 0 Å². The molecule has 1 saturated heterocycles. The van der Waals surface area contributed by atoms with Crippen LogP contribution in [0.4, 0.5) is 0 Å². The highest BCUT2D eigenvalue weighted by Crippen LogP contribution is 2.15. The first-order valence-corrected chi connectivity index (χ1v) is 7.85. The summed E-state index contributed by atoms with van der Waals surface area (Å²) in [5.41, 5.74) is 1.16. The molecule has 1 N–H and O–H groups in total. The molecule has 0 aromatic carbocycles. The topological polar surface area (TPSA) is 41.0 Å². The number of likely N-dealkylation sites (tertiary alicyclic amines) is 1. The van der Waals surface area contributed by atoms with Crippen LogP contribution in [0.25, 0.3) is 0 Å². The van der Waals surface area contributed by atoms with Crippen molar-refractivity contribution in [2.45, 2.75) is 37.5 Å². The van der Waals surface area contributed by atoms with Gasteiger partial charge in [0.15, 0.2) is 5.16 Å². The lowest BCUT2D eigenvalue weighted by Gasteiger charge is -2.22. The Bertz CT molecular complexity index is 355. The summed E-state index contributed by atoms with van der Waals surface area (Å²) in [5.74, 6) is 0. The zero-order valence-corrected chi connectivity index (χ0v) is 12.0. The largest absolute Gasteiger partial charge is 0.311 e. The molecule has 1 aromatic rings. The van der Waals surface area contributed by atoms with Gasteiger partial charge in [0.1, 0.15) is 0 Å². The van der Waals surface area contributed by atoms with Crippen molar-refractivity contribution >= 4 is 11.8 Å². The SMILES string of the molecule is CCN1CCC[C@H]1CNCc1cnc(SC)nc1. The first-order chi connectivity index (χ1) is 8.83. The molecule has 0 bridgehead atoms. The molecule has 0 aliphatic carbocycles. The van der Waals surface area contributed by atoms with E-state index < -0.39 is 0 Å². The highest BCUT2D eigenvalue weighted by Gasteiger charge is 2.21. The van der Waals surface area contributed by atoms with Gasteiger partial charge in [-0.15, -0.1) is 0 Å². The molecule has 0 radical (unpaired) electrons. The normalized spacial score (nSPS) is 20.4. The summed E-state index contributed by atoms with van der Waals surface area (Å²) in [5, 5.41) is 4.36. The lowest BCUT2D eigenvalue weighted by molar-refractivity contribution is 0.260. The van der Waals surface area contributed by atoms with Crippen molar-refractivity contribution in [3.05, 3.63) is 18.0 Å². The summed E-state index contributed by atoms with van der Waals surface area (Å²) in [4.78, 5) is 11.1. The fraction of sp³-hybridized carbons (Fsp3) is 0.692. The van der Waals surface area contributed by atoms with E-state index in [0.29, 0.717) is 6.04 Å². The Kier molecular flexibility index (Phi) is 5.41. The quantitative estimate of drug-likeness (QED) is 0.628. The van der Waals surface area contributed by atoms with E-state index in [1.54, 1.807) is 11.8 Å². The van der Waals surface area contributed by atoms with Crippen LogP contribution in [0, 0.1) is 0 Å². The van der Waals surface area contributed by atoms with E-state index in [4.69, 9.17) is 0 Å². The van der Waals surface area contributed by atoms with E-state index >= 15 is 0 Å². The van der Waals surface area contributed by atoms with E-state index in [-0.39, 0.29) is 0 Å². The molecule has 0 amide bonds. The third-order valence-corrected chi connectivity index (χ3v) is 4.05. The van der Waals surface area contributed by atoms with E-state index in [1.807, 2.05) is 18.6 Å². The summed E-state index contributed by atoms with van der Waals surface area (Å²) < 4.78 is 0. The molecule has 100 valence electrons. The number of aromatic nitrogens is 2. The fourth-order valence-corrected chi connectivity index (χ4v) is 2.78. The molecule has 2 heterocycles. The Morgan fingerprint density at radius 2 is 2.22 bits per heavy atom. The van der Waals surface area contributed by atoms with E-state index in [0.717, 1.165) is 30.4 Å². The predicted octanol–water partition coefficient (Wildman–Crippen LogP) is 1.77. The molecular formula is C13H22N4S. The zero-order valence-electron chi connectivity index (χ0n) is 11.2. The Labute approximate surface area is 114 Å². The van der Waals surface area contributed by atoms with Gasteiger partial charge >= 0.3 is 0 Å². The molecule has 0 unspecified atom stereocenters. The van der Waals surface area contributed by atoms with Gasteiger partial charge < -0.3 is 5.32 Å². The summed E-state index contributed by atoms with van der Waals surface area (Å²) in [6.07, 6.45) is 8.48. The van der Waals surface area contributed by atoms with Gasteiger partial charge in [-0.25, -0.2) is 9.97 Å². The molecule has 1 aliphatic rings. The highest BCUT2D eigenvalue weighted by atomic mass is 32.2. The molecule has 1 aliphatic heterocycles. The van der Waals surface area contributed by atoms with Gasteiger partial charge in [0.05, 0.1) is 0 Å². The van der Waals surface area contributed by atoms with Crippen LogP contribution in [-0.4, -0.2) is 46.8 Å². The van der Waals surface area contributed by atoms with Crippen LogP contribution in [0.5, 0.6) is 0 Å². The summed E-state index contributed by atoms with van der Waals surface area (Å²) in [6, 6.07) is 0.710. The fourth-order valence-electron chi connectivity index (χ4n) is 2.47. The number of rotatable bonds is 6. The van der Waals surface area contributed by atoms with Gasteiger partial charge in [-0.05, 0) is 32.2 Å². The summed E-state index contributed by atoms with van der Waals surface area (Å²) in [6.45, 7) is 6.60. The minimum absolute atomic E-state index is 0.710. The minimum Gasteiger partial charge on any atom is -0.311 e. The maximum atomic E-state index is 4.28. The number of nitrogens with one attached hydrogen (secondary N) is 1. The highest BCUT2D eigenvalue weighted by molar-refractivity contribution is 7.98. The Balaban J connectivity index is 1.74. The molecule has 18 heavy (non-hydrogen) atoms. The van der Waals surface area contributed by atoms with Crippen molar-refractivity contribution in [1.29, 1.82) is 0 Å². The Morgan fingerprint density at radius 1 is 1.44 bits per heavy atom. The maximum absolute atomic E-state index is 4.28. The molecule has 5 heteroatoms. The molecular weight excluding hydrogens is 244 g/mol. The van der Waals surface area contributed by atoms with Crippen molar-refractivity contribution in [1.82, 2.24) is 20.2 Å².